The third-order valence-electron chi connectivity index (χ3n) is 5.08. The molecule has 0 heterocycles. The van der Waals surface area contributed by atoms with Crippen molar-refractivity contribution in [1.82, 2.24) is 5.32 Å². The minimum Gasteiger partial charge on any atom is -0.350 e. The molecule has 158 valence electrons. The Labute approximate surface area is 179 Å². The summed E-state index contributed by atoms with van der Waals surface area (Å²) < 4.78 is 25.9. The molecular weight excluding hydrogens is 408 g/mol. The van der Waals surface area contributed by atoms with E-state index >= 15 is 0 Å². The van der Waals surface area contributed by atoms with Crippen LogP contribution in [0.25, 0.3) is 0 Å². The Morgan fingerprint density at radius 1 is 1.14 bits per heavy atom. The van der Waals surface area contributed by atoms with E-state index in [0.29, 0.717) is 22.7 Å². The highest BCUT2D eigenvalue weighted by Crippen LogP contribution is 2.28. The van der Waals surface area contributed by atoms with Crippen LogP contribution in [0.15, 0.2) is 36.4 Å². The van der Waals surface area contributed by atoms with Gasteiger partial charge >= 0.3 is 0 Å². The average Bonchev–Trinajstić information content (AvgIpc) is 2.63. The van der Waals surface area contributed by atoms with Crippen molar-refractivity contribution in [3.05, 3.63) is 63.7 Å². The van der Waals surface area contributed by atoms with E-state index in [1.165, 1.54) is 15.4 Å². The number of hydrogen-bond acceptors (Lipinski definition) is 3. The third kappa shape index (κ3) is 6.21. The van der Waals surface area contributed by atoms with Crippen molar-refractivity contribution in [2.45, 2.75) is 46.6 Å². The molecule has 0 aliphatic carbocycles. The molecule has 5 nitrogen and oxygen atoms in total. The van der Waals surface area contributed by atoms with Crippen LogP contribution in [0.3, 0.4) is 0 Å². The number of aryl methyl sites for hydroxylation is 2. The van der Waals surface area contributed by atoms with E-state index < -0.39 is 10.0 Å². The number of nitrogens with one attached hydrogen (secondary N) is 1. The lowest BCUT2D eigenvalue weighted by molar-refractivity contribution is -0.121. The van der Waals surface area contributed by atoms with Gasteiger partial charge in [-0.05, 0) is 68.5 Å². The fourth-order valence-electron chi connectivity index (χ4n) is 3.15. The van der Waals surface area contributed by atoms with Gasteiger partial charge in [0.15, 0.2) is 0 Å². The van der Waals surface area contributed by atoms with Crippen molar-refractivity contribution in [3.8, 4) is 0 Å². The summed E-state index contributed by atoms with van der Waals surface area (Å²) in [6.07, 6.45) is 1.81. The van der Waals surface area contributed by atoms with E-state index in [2.05, 4.69) is 18.3 Å². The van der Waals surface area contributed by atoms with Crippen LogP contribution in [0.4, 0.5) is 5.69 Å². The molecule has 0 unspecified atom stereocenters. The maximum absolute atomic E-state index is 12.4. The van der Waals surface area contributed by atoms with Crippen molar-refractivity contribution >= 4 is 33.2 Å². The van der Waals surface area contributed by atoms with Gasteiger partial charge in [-0.1, -0.05) is 35.9 Å². The fraction of sp³-hybridized carbons (Fsp3) is 0.409. The van der Waals surface area contributed by atoms with Crippen LogP contribution in [0.5, 0.6) is 0 Å². The zero-order valence-electron chi connectivity index (χ0n) is 17.6. The highest BCUT2D eigenvalue weighted by Gasteiger charge is 2.20. The molecule has 0 saturated heterocycles. The molecule has 7 heteroatoms. The Morgan fingerprint density at radius 2 is 1.83 bits per heavy atom. The molecule has 29 heavy (non-hydrogen) atoms. The monoisotopic (exact) mass is 436 g/mol. The van der Waals surface area contributed by atoms with Crippen molar-refractivity contribution in [2.75, 3.05) is 17.1 Å². The van der Waals surface area contributed by atoms with E-state index in [9.17, 15) is 13.2 Å². The van der Waals surface area contributed by atoms with Crippen LogP contribution in [0, 0.1) is 20.8 Å². The van der Waals surface area contributed by atoms with E-state index in [4.69, 9.17) is 11.6 Å². The first-order valence-electron chi connectivity index (χ1n) is 9.60. The Bertz CT molecular complexity index is 990. The largest absolute Gasteiger partial charge is 0.350 e. The van der Waals surface area contributed by atoms with Crippen molar-refractivity contribution in [3.63, 3.8) is 0 Å². The molecule has 0 spiro atoms. The molecule has 2 rings (SSSR count). The van der Waals surface area contributed by atoms with E-state index in [1.54, 1.807) is 25.1 Å². The molecular formula is C22H29ClN2O3S. The molecule has 0 fully saturated rings. The summed E-state index contributed by atoms with van der Waals surface area (Å²) in [5.41, 5.74) is 4.69. The van der Waals surface area contributed by atoms with Crippen molar-refractivity contribution < 1.29 is 13.2 Å². The van der Waals surface area contributed by atoms with Crippen LogP contribution in [-0.2, 0) is 14.8 Å². The lowest BCUT2D eigenvalue weighted by Gasteiger charge is -2.24. The predicted octanol–water partition coefficient (Wildman–Crippen LogP) is 4.69. The number of carbonyl (C=O) groups is 1. The average molecular weight is 437 g/mol. The molecule has 0 aliphatic rings. The molecule has 2 aromatic carbocycles. The van der Waals surface area contributed by atoms with Gasteiger partial charge in [0.05, 0.1) is 18.0 Å². The first-order valence-corrected chi connectivity index (χ1v) is 11.8. The number of sulfonamides is 1. The first kappa shape index (κ1) is 23.2. The Balaban J connectivity index is 1.99. The molecule has 0 aromatic heterocycles. The smallest absolute Gasteiger partial charge is 0.232 e. The quantitative estimate of drug-likeness (QED) is 0.652. The maximum atomic E-state index is 12.4. The normalized spacial score (nSPS) is 12.5. The number of anilines is 1. The summed E-state index contributed by atoms with van der Waals surface area (Å²) in [5.74, 6) is -0.105. The van der Waals surface area contributed by atoms with Crippen LogP contribution < -0.4 is 9.62 Å². The molecule has 2 aromatic rings. The summed E-state index contributed by atoms with van der Waals surface area (Å²) in [5, 5.41) is 3.50. The minimum atomic E-state index is -3.49. The van der Waals surface area contributed by atoms with Gasteiger partial charge in [-0.3, -0.25) is 9.10 Å². The standard InChI is InChI=1S/C22H29ClN2O3S/c1-15-11-12-19(14-16(15)2)18(4)24-22(26)10-7-13-25(29(5,27)28)21-9-6-8-20(23)17(21)3/h6,8-9,11-12,14,18H,7,10,13H2,1-5H3,(H,24,26)/t18-/m0/s1. The molecule has 1 amide bonds. The lowest BCUT2D eigenvalue weighted by Crippen LogP contribution is -2.33. The van der Waals surface area contributed by atoms with Crippen LogP contribution in [-0.4, -0.2) is 27.1 Å². The topological polar surface area (TPSA) is 66.5 Å². The summed E-state index contributed by atoms with van der Waals surface area (Å²) in [6.45, 7) is 8.04. The molecule has 0 radical (unpaired) electrons. The second-order valence-electron chi connectivity index (χ2n) is 7.46. The zero-order chi connectivity index (χ0) is 21.8. The Morgan fingerprint density at radius 3 is 2.45 bits per heavy atom. The second-order valence-corrected chi connectivity index (χ2v) is 9.77. The number of amides is 1. The summed E-state index contributed by atoms with van der Waals surface area (Å²) in [7, 11) is -3.49. The molecule has 1 N–H and O–H groups in total. The van der Waals surface area contributed by atoms with Gasteiger partial charge in [0.1, 0.15) is 0 Å². The number of hydrogen-bond donors (Lipinski definition) is 1. The number of carbonyl (C=O) groups excluding carboxylic acids is 1. The van der Waals surface area contributed by atoms with Gasteiger partial charge in [-0.15, -0.1) is 0 Å². The highest BCUT2D eigenvalue weighted by molar-refractivity contribution is 7.92. The van der Waals surface area contributed by atoms with Gasteiger partial charge in [-0.2, -0.15) is 0 Å². The van der Waals surface area contributed by atoms with Gasteiger partial charge in [0.2, 0.25) is 15.9 Å². The SMILES string of the molecule is Cc1ccc([C@H](C)NC(=O)CCCN(c2cccc(Cl)c2C)S(C)(=O)=O)cc1C. The summed E-state index contributed by atoms with van der Waals surface area (Å²) >= 11 is 6.14. The van der Waals surface area contributed by atoms with Crippen LogP contribution in [0.1, 0.15) is 48.1 Å². The first-order chi connectivity index (χ1) is 13.5. The van der Waals surface area contributed by atoms with Crippen molar-refractivity contribution in [1.29, 1.82) is 0 Å². The molecule has 0 bridgehead atoms. The van der Waals surface area contributed by atoms with Gasteiger partial charge in [-0.25, -0.2) is 8.42 Å². The molecule has 0 saturated carbocycles. The number of nitrogens with zero attached hydrogens (tertiary/aromatic N) is 1. The van der Waals surface area contributed by atoms with Gasteiger partial charge < -0.3 is 5.32 Å². The van der Waals surface area contributed by atoms with Crippen LogP contribution in [0.2, 0.25) is 5.02 Å². The number of benzene rings is 2. The zero-order valence-corrected chi connectivity index (χ0v) is 19.2. The Kier molecular flexibility index (Phi) is 7.72. The van der Waals surface area contributed by atoms with E-state index in [-0.39, 0.29) is 24.9 Å². The van der Waals surface area contributed by atoms with Crippen molar-refractivity contribution in [2.24, 2.45) is 0 Å². The number of halogens is 1. The fourth-order valence-corrected chi connectivity index (χ4v) is 4.33. The van der Waals surface area contributed by atoms with Crippen LogP contribution >= 0.6 is 11.6 Å². The highest BCUT2D eigenvalue weighted by atomic mass is 35.5. The maximum Gasteiger partial charge on any atom is 0.232 e. The summed E-state index contributed by atoms with van der Waals surface area (Å²) in [6, 6.07) is 11.2. The third-order valence-corrected chi connectivity index (χ3v) is 6.67. The van der Waals surface area contributed by atoms with Gasteiger partial charge in [0, 0.05) is 18.0 Å². The van der Waals surface area contributed by atoms with E-state index in [0.717, 1.165) is 11.8 Å². The minimum absolute atomic E-state index is 0.105. The lowest BCUT2D eigenvalue weighted by atomic mass is 10.0. The molecule has 1 atom stereocenters. The Hall–Kier alpha value is -2.05. The van der Waals surface area contributed by atoms with Gasteiger partial charge in [0.25, 0.3) is 0 Å². The second kappa shape index (κ2) is 9.63. The number of rotatable bonds is 8. The van der Waals surface area contributed by atoms with E-state index in [1.807, 2.05) is 26.0 Å². The predicted molar refractivity (Wildman–Crippen MR) is 120 cm³/mol. The summed E-state index contributed by atoms with van der Waals surface area (Å²) in [4.78, 5) is 12.4. The molecule has 0 aliphatic heterocycles.